The Morgan fingerprint density at radius 1 is 1.35 bits per heavy atom. The Hall–Kier alpha value is -2.17. The maximum absolute atomic E-state index is 13.0. The Labute approximate surface area is 116 Å². The third-order valence-electron chi connectivity index (χ3n) is 3.61. The summed E-state index contributed by atoms with van der Waals surface area (Å²) in [6, 6.07) is 6.48. The van der Waals surface area contributed by atoms with Crippen LogP contribution in [0.2, 0.25) is 0 Å². The van der Waals surface area contributed by atoms with Crippen LogP contribution in [0.15, 0.2) is 30.5 Å². The number of nitrogens with one attached hydrogen (secondary N) is 1. The molecule has 0 radical (unpaired) electrons. The Balaban J connectivity index is 2.06. The van der Waals surface area contributed by atoms with Crippen molar-refractivity contribution in [2.24, 2.45) is 0 Å². The number of carbonyl (C=O) groups excluding carboxylic acids is 1. The lowest BCUT2D eigenvalue weighted by Gasteiger charge is -2.24. The molecule has 1 amide bonds. The molecule has 0 saturated heterocycles. The molecule has 0 fully saturated rings. The molecular weight excluding hydrogens is 257 g/mol. The van der Waals surface area contributed by atoms with Crippen molar-refractivity contribution in [3.63, 3.8) is 0 Å². The lowest BCUT2D eigenvalue weighted by atomic mass is 9.87. The van der Waals surface area contributed by atoms with Crippen LogP contribution < -0.4 is 5.32 Å². The van der Waals surface area contributed by atoms with Gasteiger partial charge in [0.1, 0.15) is 11.6 Å². The first-order valence-electron chi connectivity index (χ1n) is 6.69. The highest BCUT2D eigenvalue weighted by Crippen LogP contribution is 2.37. The molecule has 20 heavy (non-hydrogen) atoms. The molecule has 104 valence electrons. The van der Waals surface area contributed by atoms with Crippen molar-refractivity contribution < 1.29 is 9.18 Å². The largest absolute Gasteiger partial charge is 0.311 e. The summed E-state index contributed by atoms with van der Waals surface area (Å²) in [4.78, 5) is 11.9. The minimum Gasteiger partial charge on any atom is -0.311 e. The van der Waals surface area contributed by atoms with Crippen LogP contribution in [0, 0.1) is 5.82 Å². The summed E-state index contributed by atoms with van der Waals surface area (Å²) >= 11 is 0. The minimum atomic E-state index is -0.271. The zero-order valence-corrected chi connectivity index (χ0v) is 11.4. The van der Waals surface area contributed by atoms with Gasteiger partial charge in [-0.2, -0.15) is 5.10 Å². The van der Waals surface area contributed by atoms with Crippen molar-refractivity contribution >= 4 is 11.7 Å². The minimum absolute atomic E-state index is 0.0331. The van der Waals surface area contributed by atoms with Gasteiger partial charge in [0.15, 0.2) is 0 Å². The summed E-state index contributed by atoms with van der Waals surface area (Å²) in [5.41, 5.74) is 1.93. The molecule has 0 spiro atoms. The van der Waals surface area contributed by atoms with E-state index in [1.54, 1.807) is 18.3 Å². The molecular formula is C15H16FN3O. The number of fused-ring (bicyclic) bond motifs is 1. The molecule has 5 heteroatoms. The van der Waals surface area contributed by atoms with E-state index in [-0.39, 0.29) is 23.7 Å². The van der Waals surface area contributed by atoms with Crippen molar-refractivity contribution in [1.82, 2.24) is 9.78 Å². The molecule has 3 rings (SSSR count). The first-order valence-corrected chi connectivity index (χ1v) is 6.69. The average molecular weight is 273 g/mol. The molecule has 0 saturated carbocycles. The maximum Gasteiger partial charge on any atom is 0.226 e. The highest BCUT2D eigenvalue weighted by atomic mass is 19.1. The fraction of sp³-hybridized carbons (Fsp3) is 0.333. The number of nitrogens with zero attached hydrogens (tertiary/aromatic N) is 2. The SMILES string of the molecule is CC(C)n1ncc2c1NC(=O)C[C@H]2c1ccc(F)cc1. The predicted octanol–water partition coefficient (Wildman–Crippen LogP) is 3.08. The molecule has 4 nitrogen and oxygen atoms in total. The van der Waals surface area contributed by atoms with Gasteiger partial charge in [-0.05, 0) is 31.5 Å². The van der Waals surface area contributed by atoms with Gasteiger partial charge in [0.25, 0.3) is 0 Å². The van der Waals surface area contributed by atoms with Crippen molar-refractivity contribution in [2.75, 3.05) is 5.32 Å². The van der Waals surface area contributed by atoms with Crippen LogP contribution >= 0.6 is 0 Å². The molecule has 1 aliphatic rings. The molecule has 1 aromatic heterocycles. The van der Waals surface area contributed by atoms with Crippen LogP contribution in [0.4, 0.5) is 10.2 Å². The first-order chi connectivity index (χ1) is 9.56. The number of hydrogen-bond donors (Lipinski definition) is 1. The number of amides is 1. The number of benzene rings is 1. The van der Waals surface area contributed by atoms with E-state index in [1.807, 2.05) is 18.5 Å². The summed E-state index contributed by atoms with van der Waals surface area (Å²) in [6.07, 6.45) is 2.16. The average Bonchev–Trinajstić information content (AvgIpc) is 2.82. The highest BCUT2D eigenvalue weighted by Gasteiger charge is 2.30. The third kappa shape index (κ3) is 2.09. The molecule has 2 aromatic rings. The third-order valence-corrected chi connectivity index (χ3v) is 3.61. The second-order valence-electron chi connectivity index (χ2n) is 5.34. The van der Waals surface area contributed by atoms with Gasteiger partial charge in [0.2, 0.25) is 5.91 Å². The zero-order chi connectivity index (χ0) is 14.3. The number of halogens is 1. The van der Waals surface area contributed by atoms with Gasteiger partial charge in [-0.15, -0.1) is 0 Å². The topological polar surface area (TPSA) is 46.9 Å². The lowest BCUT2D eigenvalue weighted by molar-refractivity contribution is -0.116. The molecule has 0 aliphatic carbocycles. The highest BCUT2D eigenvalue weighted by molar-refractivity contribution is 5.94. The molecule has 1 aromatic carbocycles. The van der Waals surface area contributed by atoms with Crippen molar-refractivity contribution in [3.05, 3.63) is 47.4 Å². The normalized spacial score (nSPS) is 18.0. The van der Waals surface area contributed by atoms with Gasteiger partial charge in [-0.25, -0.2) is 9.07 Å². The Morgan fingerprint density at radius 2 is 2.05 bits per heavy atom. The maximum atomic E-state index is 13.0. The summed E-state index contributed by atoms with van der Waals surface area (Å²) in [6.45, 7) is 4.03. The van der Waals surface area contributed by atoms with Crippen LogP contribution in [-0.2, 0) is 4.79 Å². The zero-order valence-electron chi connectivity index (χ0n) is 11.4. The predicted molar refractivity (Wildman–Crippen MR) is 74.1 cm³/mol. The fourth-order valence-corrected chi connectivity index (χ4v) is 2.62. The van der Waals surface area contributed by atoms with Crippen LogP contribution in [-0.4, -0.2) is 15.7 Å². The summed E-state index contributed by atoms with van der Waals surface area (Å²) in [5.74, 6) is 0.388. The van der Waals surface area contributed by atoms with E-state index in [4.69, 9.17) is 0 Å². The quantitative estimate of drug-likeness (QED) is 0.914. The molecule has 1 aliphatic heterocycles. The van der Waals surface area contributed by atoms with Crippen molar-refractivity contribution in [1.29, 1.82) is 0 Å². The number of aromatic nitrogens is 2. The van der Waals surface area contributed by atoms with Gasteiger partial charge in [-0.3, -0.25) is 4.79 Å². The number of anilines is 1. The van der Waals surface area contributed by atoms with E-state index in [1.165, 1.54) is 12.1 Å². The van der Waals surface area contributed by atoms with E-state index in [0.29, 0.717) is 6.42 Å². The summed E-state index contributed by atoms with van der Waals surface area (Å²) in [7, 11) is 0. The number of rotatable bonds is 2. The second kappa shape index (κ2) is 4.74. The lowest BCUT2D eigenvalue weighted by Crippen LogP contribution is -2.25. The first kappa shape index (κ1) is 12.8. The Morgan fingerprint density at radius 3 is 2.70 bits per heavy atom. The standard InChI is InChI=1S/C15H16FN3O/c1-9(2)19-15-13(8-17-19)12(7-14(20)18-15)10-3-5-11(16)6-4-10/h3-6,8-9,12H,7H2,1-2H3,(H,18,20)/t12-/m0/s1. The molecule has 0 bridgehead atoms. The molecule has 0 unspecified atom stereocenters. The number of carbonyl (C=O) groups is 1. The van der Waals surface area contributed by atoms with Crippen LogP contribution in [0.5, 0.6) is 0 Å². The van der Waals surface area contributed by atoms with E-state index >= 15 is 0 Å². The molecule has 2 heterocycles. The van der Waals surface area contributed by atoms with Crippen molar-refractivity contribution in [3.8, 4) is 0 Å². The molecule has 1 N–H and O–H groups in total. The fourth-order valence-electron chi connectivity index (χ4n) is 2.62. The Bertz CT molecular complexity index is 646. The van der Waals surface area contributed by atoms with Crippen LogP contribution in [0.3, 0.4) is 0 Å². The summed E-state index contributed by atoms with van der Waals surface area (Å²) in [5, 5.41) is 7.24. The van der Waals surface area contributed by atoms with Gasteiger partial charge in [0, 0.05) is 23.9 Å². The van der Waals surface area contributed by atoms with Crippen LogP contribution in [0.1, 0.15) is 43.4 Å². The summed E-state index contributed by atoms with van der Waals surface area (Å²) < 4.78 is 14.8. The van der Waals surface area contributed by atoms with E-state index < -0.39 is 0 Å². The van der Waals surface area contributed by atoms with Gasteiger partial charge in [0.05, 0.1) is 6.20 Å². The smallest absolute Gasteiger partial charge is 0.226 e. The number of hydrogen-bond acceptors (Lipinski definition) is 2. The van der Waals surface area contributed by atoms with Gasteiger partial charge >= 0.3 is 0 Å². The van der Waals surface area contributed by atoms with E-state index in [0.717, 1.165) is 16.9 Å². The van der Waals surface area contributed by atoms with E-state index in [2.05, 4.69) is 10.4 Å². The van der Waals surface area contributed by atoms with Gasteiger partial charge < -0.3 is 5.32 Å². The molecule has 1 atom stereocenters. The Kier molecular flexibility index (Phi) is 3.04. The van der Waals surface area contributed by atoms with E-state index in [9.17, 15) is 9.18 Å². The van der Waals surface area contributed by atoms with Crippen LogP contribution in [0.25, 0.3) is 0 Å². The van der Waals surface area contributed by atoms with Gasteiger partial charge in [-0.1, -0.05) is 12.1 Å². The van der Waals surface area contributed by atoms with Crippen molar-refractivity contribution in [2.45, 2.75) is 32.2 Å². The second-order valence-corrected chi connectivity index (χ2v) is 5.34. The monoisotopic (exact) mass is 273 g/mol.